The minimum Gasteiger partial charge on any atom is -0.392 e. The van der Waals surface area contributed by atoms with Crippen molar-refractivity contribution in [1.29, 1.82) is 0 Å². The molecule has 1 saturated heterocycles. The summed E-state index contributed by atoms with van der Waals surface area (Å²) in [5, 5.41) is 12.2. The van der Waals surface area contributed by atoms with Crippen LogP contribution in [0.3, 0.4) is 0 Å². The number of benzene rings is 1. The van der Waals surface area contributed by atoms with Crippen molar-refractivity contribution >= 4 is 9.84 Å². The van der Waals surface area contributed by atoms with Gasteiger partial charge in [0.25, 0.3) is 0 Å². The van der Waals surface area contributed by atoms with Gasteiger partial charge in [0.15, 0.2) is 9.84 Å². The van der Waals surface area contributed by atoms with E-state index in [2.05, 4.69) is 5.32 Å². The fourth-order valence-electron chi connectivity index (χ4n) is 2.22. The fourth-order valence-corrected chi connectivity index (χ4v) is 4.08. The lowest BCUT2D eigenvalue weighted by Crippen LogP contribution is -2.23. The first-order valence-electron chi connectivity index (χ1n) is 6.19. The lowest BCUT2D eigenvalue weighted by Gasteiger charge is -2.09. The van der Waals surface area contributed by atoms with Crippen molar-refractivity contribution in [3.8, 4) is 0 Å². The molecule has 1 atom stereocenters. The Bertz CT molecular complexity index is 481. The zero-order valence-corrected chi connectivity index (χ0v) is 11.1. The Hall–Kier alpha value is -0.910. The van der Waals surface area contributed by atoms with Crippen molar-refractivity contribution in [2.45, 2.75) is 19.6 Å². The predicted molar refractivity (Wildman–Crippen MR) is 70.8 cm³/mol. The van der Waals surface area contributed by atoms with Crippen LogP contribution in [0.25, 0.3) is 0 Å². The second-order valence-electron chi connectivity index (χ2n) is 4.87. The average molecular weight is 269 g/mol. The molecule has 0 aromatic heterocycles. The van der Waals surface area contributed by atoms with Gasteiger partial charge in [0, 0.05) is 6.54 Å². The Morgan fingerprint density at radius 1 is 1.22 bits per heavy atom. The highest BCUT2D eigenvalue weighted by atomic mass is 32.2. The maximum atomic E-state index is 11.3. The van der Waals surface area contributed by atoms with Gasteiger partial charge in [0.2, 0.25) is 0 Å². The molecule has 1 fully saturated rings. The normalized spacial score (nSPS) is 22.2. The van der Waals surface area contributed by atoms with Crippen LogP contribution < -0.4 is 5.32 Å². The van der Waals surface area contributed by atoms with Gasteiger partial charge < -0.3 is 10.4 Å². The van der Waals surface area contributed by atoms with Crippen molar-refractivity contribution in [3.63, 3.8) is 0 Å². The molecular formula is C13H19NO3S. The van der Waals surface area contributed by atoms with E-state index in [1.54, 1.807) is 0 Å². The van der Waals surface area contributed by atoms with E-state index in [0.717, 1.165) is 30.6 Å². The van der Waals surface area contributed by atoms with Gasteiger partial charge in [-0.15, -0.1) is 0 Å². The third-order valence-electron chi connectivity index (χ3n) is 3.29. The highest BCUT2D eigenvalue weighted by molar-refractivity contribution is 7.91. The summed E-state index contributed by atoms with van der Waals surface area (Å²) in [7, 11) is -2.77. The third kappa shape index (κ3) is 3.80. The van der Waals surface area contributed by atoms with Gasteiger partial charge in [-0.25, -0.2) is 8.42 Å². The van der Waals surface area contributed by atoms with E-state index in [0.29, 0.717) is 11.5 Å². The second-order valence-corrected chi connectivity index (χ2v) is 7.10. The Morgan fingerprint density at radius 3 is 2.44 bits per heavy atom. The molecule has 100 valence electrons. The van der Waals surface area contributed by atoms with Gasteiger partial charge in [0.05, 0.1) is 18.1 Å². The van der Waals surface area contributed by atoms with Crippen molar-refractivity contribution in [2.24, 2.45) is 5.92 Å². The topological polar surface area (TPSA) is 66.4 Å². The van der Waals surface area contributed by atoms with Crippen LogP contribution in [-0.2, 0) is 23.0 Å². The van der Waals surface area contributed by atoms with E-state index in [1.165, 1.54) is 0 Å². The Labute approximate surface area is 108 Å². The summed E-state index contributed by atoms with van der Waals surface area (Å²) in [4.78, 5) is 0. The van der Waals surface area contributed by atoms with Crippen LogP contribution >= 0.6 is 0 Å². The molecule has 1 aromatic carbocycles. The SMILES string of the molecule is O=S1(=O)CCC(CNCc2ccc(CO)cc2)C1. The Morgan fingerprint density at radius 2 is 1.89 bits per heavy atom. The van der Waals surface area contributed by atoms with Crippen LogP contribution in [0.15, 0.2) is 24.3 Å². The summed E-state index contributed by atoms with van der Waals surface area (Å²) in [6.45, 7) is 1.55. The zero-order valence-electron chi connectivity index (χ0n) is 10.3. The highest BCUT2D eigenvalue weighted by Crippen LogP contribution is 2.17. The van der Waals surface area contributed by atoms with Crippen molar-refractivity contribution in [3.05, 3.63) is 35.4 Å². The van der Waals surface area contributed by atoms with Crippen LogP contribution in [-0.4, -0.2) is 31.6 Å². The maximum Gasteiger partial charge on any atom is 0.150 e. The summed E-state index contributed by atoms with van der Waals surface area (Å²) < 4.78 is 22.6. The second kappa shape index (κ2) is 5.82. The average Bonchev–Trinajstić information content (AvgIpc) is 2.70. The summed E-state index contributed by atoms with van der Waals surface area (Å²) in [6.07, 6.45) is 0.777. The quantitative estimate of drug-likeness (QED) is 0.826. The molecule has 0 radical (unpaired) electrons. The molecule has 2 N–H and O–H groups in total. The molecule has 1 heterocycles. The van der Waals surface area contributed by atoms with Crippen molar-refractivity contribution < 1.29 is 13.5 Å². The predicted octanol–water partition coefficient (Wildman–Crippen LogP) is 0.703. The summed E-state index contributed by atoms with van der Waals surface area (Å²) >= 11 is 0. The van der Waals surface area contributed by atoms with E-state index in [9.17, 15) is 8.42 Å². The smallest absolute Gasteiger partial charge is 0.150 e. The van der Waals surface area contributed by atoms with Crippen molar-refractivity contribution in [1.82, 2.24) is 5.32 Å². The molecular weight excluding hydrogens is 250 g/mol. The number of sulfone groups is 1. The van der Waals surface area contributed by atoms with Gasteiger partial charge in [-0.3, -0.25) is 0 Å². The number of nitrogens with one attached hydrogen (secondary N) is 1. The van der Waals surface area contributed by atoms with Crippen LogP contribution in [0.1, 0.15) is 17.5 Å². The minimum absolute atomic E-state index is 0.0631. The molecule has 0 saturated carbocycles. The van der Waals surface area contributed by atoms with Gasteiger partial charge in [-0.1, -0.05) is 24.3 Å². The molecule has 0 amide bonds. The van der Waals surface area contributed by atoms with E-state index < -0.39 is 9.84 Å². The Balaban J connectivity index is 1.75. The van der Waals surface area contributed by atoms with Crippen LogP contribution in [0.4, 0.5) is 0 Å². The lowest BCUT2D eigenvalue weighted by molar-refractivity contribution is 0.282. The van der Waals surface area contributed by atoms with E-state index in [1.807, 2.05) is 24.3 Å². The number of aliphatic hydroxyl groups excluding tert-OH is 1. The first-order chi connectivity index (χ1) is 8.59. The van der Waals surface area contributed by atoms with Gasteiger partial charge >= 0.3 is 0 Å². The van der Waals surface area contributed by atoms with Gasteiger partial charge in [-0.05, 0) is 30.0 Å². The van der Waals surface area contributed by atoms with E-state index >= 15 is 0 Å². The molecule has 0 bridgehead atoms. The van der Waals surface area contributed by atoms with E-state index in [4.69, 9.17) is 5.11 Å². The molecule has 5 heteroatoms. The van der Waals surface area contributed by atoms with Crippen LogP contribution in [0.2, 0.25) is 0 Å². The largest absolute Gasteiger partial charge is 0.392 e. The highest BCUT2D eigenvalue weighted by Gasteiger charge is 2.27. The monoisotopic (exact) mass is 269 g/mol. The molecule has 1 aromatic rings. The lowest BCUT2D eigenvalue weighted by atomic mass is 10.1. The molecule has 1 unspecified atom stereocenters. The van der Waals surface area contributed by atoms with Crippen LogP contribution in [0.5, 0.6) is 0 Å². The number of aliphatic hydroxyl groups is 1. The van der Waals surface area contributed by atoms with Gasteiger partial charge in [0.1, 0.15) is 0 Å². The Kier molecular flexibility index (Phi) is 4.37. The van der Waals surface area contributed by atoms with E-state index in [-0.39, 0.29) is 12.5 Å². The number of hydrogen-bond donors (Lipinski definition) is 2. The third-order valence-corrected chi connectivity index (χ3v) is 5.13. The maximum absolute atomic E-state index is 11.3. The molecule has 2 rings (SSSR count). The zero-order chi connectivity index (χ0) is 13.0. The molecule has 1 aliphatic rings. The molecule has 0 spiro atoms. The summed E-state index contributed by atoms with van der Waals surface area (Å²) in [5.41, 5.74) is 2.05. The molecule has 1 aliphatic heterocycles. The fraction of sp³-hybridized carbons (Fsp3) is 0.538. The van der Waals surface area contributed by atoms with Crippen LogP contribution in [0, 0.1) is 5.92 Å². The first-order valence-corrected chi connectivity index (χ1v) is 8.01. The number of rotatable bonds is 5. The first kappa shape index (κ1) is 13.5. The minimum atomic E-state index is -2.77. The summed E-state index contributed by atoms with van der Waals surface area (Å²) in [5.74, 6) is 0.917. The molecule has 0 aliphatic carbocycles. The van der Waals surface area contributed by atoms with Gasteiger partial charge in [-0.2, -0.15) is 0 Å². The number of hydrogen-bond acceptors (Lipinski definition) is 4. The molecule has 18 heavy (non-hydrogen) atoms. The molecule has 4 nitrogen and oxygen atoms in total. The standard InChI is InChI=1S/C13H19NO3S/c15-9-12-3-1-11(2-4-12)7-14-8-13-5-6-18(16,17)10-13/h1-4,13-15H,5-10H2. The van der Waals surface area contributed by atoms with Crippen molar-refractivity contribution in [2.75, 3.05) is 18.1 Å². The summed E-state index contributed by atoms with van der Waals surface area (Å²) in [6, 6.07) is 7.75.